The van der Waals surface area contributed by atoms with E-state index in [1.54, 1.807) is 0 Å². The van der Waals surface area contributed by atoms with Gasteiger partial charge in [0.2, 0.25) is 5.91 Å². The van der Waals surface area contributed by atoms with Gasteiger partial charge in [0.25, 0.3) is 0 Å². The van der Waals surface area contributed by atoms with Crippen molar-refractivity contribution in [3.63, 3.8) is 0 Å². The van der Waals surface area contributed by atoms with E-state index < -0.39 is 12.0 Å². The Morgan fingerprint density at radius 2 is 1.60 bits per heavy atom. The number of aliphatic carboxylic acids is 1. The van der Waals surface area contributed by atoms with Crippen molar-refractivity contribution < 1.29 is 14.7 Å². The zero-order chi connectivity index (χ0) is 21.5. The number of benzene rings is 2. The van der Waals surface area contributed by atoms with Gasteiger partial charge >= 0.3 is 5.97 Å². The van der Waals surface area contributed by atoms with E-state index in [0.29, 0.717) is 6.42 Å². The number of carbonyl (C=O) groups is 2. The van der Waals surface area contributed by atoms with Crippen LogP contribution in [0.3, 0.4) is 0 Å². The van der Waals surface area contributed by atoms with Crippen LogP contribution >= 0.6 is 0 Å². The van der Waals surface area contributed by atoms with Crippen LogP contribution in [0.1, 0.15) is 44.2 Å². The van der Waals surface area contributed by atoms with Crippen LogP contribution in [-0.4, -0.2) is 47.1 Å². The van der Waals surface area contributed by atoms with E-state index in [1.165, 1.54) is 37.4 Å². The highest BCUT2D eigenvalue weighted by Crippen LogP contribution is 2.22. The first-order valence-corrected chi connectivity index (χ1v) is 10.9. The lowest BCUT2D eigenvalue weighted by Crippen LogP contribution is -2.38. The predicted molar refractivity (Wildman–Crippen MR) is 119 cm³/mol. The third-order valence-corrected chi connectivity index (χ3v) is 6.01. The lowest BCUT2D eigenvalue weighted by molar-refractivity contribution is -0.141. The molecule has 1 heterocycles. The van der Waals surface area contributed by atoms with Gasteiger partial charge in [-0.15, -0.1) is 0 Å². The number of hydrogen-bond acceptors (Lipinski definition) is 3. The zero-order valence-corrected chi connectivity index (χ0v) is 17.9. The SMILES string of the molecule is CC(NC(=O)CCc1ccc(-c2ccc(CCN3CCC[C@H]3C)cc2)cc1)C(=O)O. The van der Waals surface area contributed by atoms with E-state index in [9.17, 15) is 9.59 Å². The summed E-state index contributed by atoms with van der Waals surface area (Å²) in [6, 6.07) is 16.9. The Bertz CT molecular complexity index is 846. The number of amides is 1. The number of nitrogens with one attached hydrogen (secondary N) is 1. The van der Waals surface area contributed by atoms with Crippen molar-refractivity contribution in [2.75, 3.05) is 13.1 Å². The lowest BCUT2D eigenvalue weighted by atomic mass is 10.00. The summed E-state index contributed by atoms with van der Waals surface area (Å²) >= 11 is 0. The first-order chi connectivity index (χ1) is 14.4. The fraction of sp³-hybridized carbons (Fsp3) is 0.440. The number of nitrogens with zero attached hydrogens (tertiary/aromatic N) is 1. The number of rotatable bonds is 9. The Morgan fingerprint density at radius 1 is 1.03 bits per heavy atom. The maximum absolute atomic E-state index is 11.8. The second-order valence-corrected chi connectivity index (χ2v) is 8.30. The molecule has 160 valence electrons. The number of carboxylic acids is 1. The number of carboxylic acid groups (broad SMARTS) is 1. The van der Waals surface area contributed by atoms with Crippen molar-refractivity contribution in [3.8, 4) is 11.1 Å². The van der Waals surface area contributed by atoms with Crippen LogP contribution in [0.15, 0.2) is 48.5 Å². The lowest BCUT2D eigenvalue weighted by Gasteiger charge is -2.20. The molecule has 1 aliphatic heterocycles. The Morgan fingerprint density at radius 3 is 2.10 bits per heavy atom. The third kappa shape index (κ3) is 6.17. The highest BCUT2D eigenvalue weighted by Gasteiger charge is 2.19. The molecule has 1 unspecified atom stereocenters. The van der Waals surface area contributed by atoms with E-state index in [-0.39, 0.29) is 12.3 Å². The van der Waals surface area contributed by atoms with Crippen molar-refractivity contribution >= 4 is 11.9 Å². The van der Waals surface area contributed by atoms with Crippen molar-refractivity contribution in [3.05, 3.63) is 59.7 Å². The minimum atomic E-state index is -1.02. The fourth-order valence-corrected chi connectivity index (χ4v) is 3.96. The van der Waals surface area contributed by atoms with Crippen LogP contribution in [0.25, 0.3) is 11.1 Å². The molecule has 0 bridgehead atoms. The van der Waals surface area contributed by atoms with Gasteiger partial charge in [0.15, 0.2) is 0 Å². The quantitative estimate of drug-likeness (QED) is 0.660. The predicted octanol–water partition coefficient (Wildman–Crippen LogP) is 3.90. The molecular weight excluding hydrogens is 376 g/mol. The van der Waals surface area contributed by atoms with Gasteiger partial charge < -0.3 is 15.3 Å². The molecular formula is C25H32N2O3. The molecule has 2 N–H and O–H groups in total. The molecule has 0 saturated carbocycles. The minimum absolute atomic E-state index is 0.243. The average Bonchev–Trinajstić information content (AvgIpc) is 3.16. The fourth-order valence-electron chi connectivity index (χ4n) is 3.96. The smallest absolute Gasteiger partial charge is 0.325 e. The Labute approximate surface area is 179 Å². The second kappa shape index (κ2) is 10.4. The molecule has 1 aliphatic rings. The molecule has 5 nitrogen and oxygen atoms in total. The van der Waals surface area contributed by atoms with Crippen LogP contribution in [0.5, 0.6) is 0 Å². The van der Waals surface area contributed by atoms with Crippen molar-refractivity contribution in [1.29, 1.82) is 0 Å². The van der Waals surface area contributed by atoms with Crippen LogP contribution < -0.4 is 5.32 Å². The number of carbonyl (C=O) groups excluding carboxylic acids is 1. The van der Waals surface area contributed by atoms with Gasteiger partial charge in [0.1, 0.15) is 6.04 Å². The molecule has 2 aromatic carbocycles. The minimum Gasteiger partial charge on any atom is -0.480 e. The molecule has 1 saturated heterocycles. The molecule has 5 heteroatoms. The first-order valence-electron chi connectivity index (χ1n) is 10.9. The molecule has 30 heavy (non-hydrogen) atoms. The van der Waals surface area contributed by atoms with Crippen molar-refractivity contribution in [1.82, 2.24) is 10.2 Å². The molecule has 1 amide bonds. The van der Waals surface area contributed by atoms with Crippen LogP contribution in [0.4, 0.5) is 0 Å². The largest absolute Gasteiger partial charge is 0.480 e. The zero-order valence-electron chi connectivity index (χ0n) is 17.9. The Hall–Kier alpha value is -2.66. The highest BCUT2D eigenvalue weighted by molar-refractivity contribution is 5.83. The molecule has 2 aromatic rings. The maximum Gasteiger partial charge on any atom is 0.325 e. The van der Waals surface area contributed by atoms with Crippen molar-refractivity contribution in [2.45, 2.75) is 58.0 Å². The van der Waals surface area contributed by atoms with Crippen molar-refractivity contribution in [2.24, 2.45) is 0 Å². The van der Waals surface area contributed by atoms with Gasteiger partial charge in [-0.1, -0.05) is 48.5 Å². The van der Waals surface area contributed by atoms with E-state index in [2.05, 4.69) is 53.5 Å². The van der Waals surface area contributed by atoms with E-state index in [4.69, 9.17) is 5.11 Å². The summed E-state index contributed by atoms with van der Waals surface area (Å²) in [5, 5.41) is 11.3. The van der Waals surface area contributed by atoms with Gasteiger partial charge in [-0.3, -0.25) is 9.59 Å². The van der Waals surface area contributed by atoms with Gasteiger partial charge in [0, 0.05) is 19.0 Å². The topological polar surface area (TPSA) is 69.6 Å². The van der Waals surface area contributed by atoms with E-state index >= 15 is 0 Å². The van der Waals surface area contributed by atoms with Gasteiger partial charge in [0.05, 0.1) is 0 Å². The molecule has 0 aliphatic carbocycles. The summed E-state index contributed by atoms with van der Waals surface area (Å²) in [7, 11) is 0. The van der Waals surface area contributed by atoms with Crippen LogP contribution in [-0.2, 0) is 22.4 Å². The van der Waals surface area contributed by atoms with E-state index in [0.717, 1.165) is 30.1 Å². The van der Waals surface area contributed by atoms with Gasteiger partial charge in [-0.2, -0.15) is 0 Å². The first kappa shape index (κ1) is 22.0. The van der Waals surface area contributed by atoms with Crippen LogP contribution in [0, 0.1) is 0 Å². The monoisotopic (exact) mass is 408 g/mol. The summed E-state index contributed by atoms with van der Waals surface area (Å²) in [6.07, 6.45) is 4.60. The number of aryl methyl sites for hydroxylation is 1. The number of likely N-dealkylation sites (tertiary alicyclic amines) is 1. The molecule has 2 atom stereocenters. The summed E-state index contributed by atoms with van der Waals surface area (Å²) in [4.78, 5) is 25.2. The molecule has 1 fully saturated rings. The Kier molecular flexibility index (Phi) is 7.63. The van der Waals surface area contributed by atoms with Crippen LogP contribution in [0.2, 0.25) is 0 Å². The maximum atomic E-state index is 11.8. The summed E-state index contributed by atoms with van der Waals surface area (Å²) in [5.74, 6) is -1.27. The molecule has 3 rings (SSSR count). The standard InChI is InChI=1S/C25H32N2O3/c1-18-4-3-16-27(18)17-15-21-7-12-23(13-8-21)22-10-5-20(6-11-22)9-14-24(28)26-19(2)25(29)30/h5-8,10-13,18-19H,3-4,9,14-17H2,1-2H3,(H,26,28)(H,29,30)/t18-,19?/m1/s1. The average molecular weight is 409 g/mol. The summed E-state index contributed by atoms with van der Waals surface area (Å²) < 4.78 is 0. The van der Waals surface area contributed by atoms with Gasteiger partial charge in [-0.25, -0.2) is 0 Å². The third-order valence-electron chi connectivity index (χ3n) is 6.01. The van der Waals surface area contributed by atoms with Gasteiger partial charge in [-0.05, 0) is 68.3 Å². The number of hydrogen-bond donors (Lipinski definition) is 2. The van der Waals surface area contributed by atoms with E-state index in [1.807, 2.05) is 12.1 Å². The Balaban J connectivity index is 1.49. The highest BCUT2D eigenvalue weighted by atomic mass is 16.4. The summed E-state index contributed by atoms with van der Waals surface area (Å²) in [6.45, 7) is 6.15. The molecule has 0 radical (unpaired) electrons. The normalized spacial score (nSPS) is 17.6. The molecule has 0 aromatic heterocycles. The molecule has 0 spiro atoms. The summed E-state index contributed by atoms with van der Waals surface area (Å²) in [5.41, 5.74) is 4.78. The second-order valence-electron chi connectivity index (χ2n) is 8.30.